The van der Waals surface area contributed by atoms with Gasteiger partial charge in [-0.1, -0.05) is 45.4 Å². The van der Waals surface area contributed by atoms with Crippen molar-refractivity contribution in [2.75, 3.05) is 79.1 Å². The van der Waals surface area contributed by atoms with Gasteiger partial charge in [-0.05, 0) is 38.0 Å². The van der Waals surface area contributed by atoms with Gasteiger partial charge in [0.2, 0.25) is 17.7 Å². The van der Waals surface area contributed by atoms with Crippen LogP contribution in [0.5, 0.6) is 0 Å². The van der Waals surface area contributed by atoms with Crippen molar-refractivity contribution in [3.05, 3.63) is 0 Å². The molecular weight excluding hydrogens is 901 g/mol. The summed E-state index contributed by atoms with van der Waals surface area (Å²) in [5.41, 5.74) is 5.36. The number of aliphatic carboxylic acids is 1. The van der Waals surface area contributed by atoms with Gasteiger partial charge < -0.3 is 95.0 Å². The molecule has 0 radical (unpaired) electrons. The number of ether oxygens (including phenoxy) is 9. The van der Waals surface area contributed by atoms with Gasteiger partial charge in [0, 0.05) is 38.9 Å². The van der Waals surface area contributed by atoms with Crippen molar-refractivity contribution < 1.29 is 92.4 Å². The van der Waals surface area contributed by atoms with Crippen LogP contribution in [0.4, 0.5) is 0 Å². The summed E-state index contributed by atoms with van der Waals surface area (Å²) in [6.45, 7) is 7.53. The molecule has 4 rings (SSSR count). The summed E-state index contributed by atoms with van der Waals surface area (Å²) in [5, 5.41) is 72.5. The van der Waals surface area contributed by atoms with E-state index in [2.05, 4.69) is 16.0 Å². The van der Waals surface area contributed by atoms with Crippen molar-refractivity contribution in [3.8, 4) is 0 Å². The van der Waals surface area contributed by atoms with E-state index in [0.29, 0.717) is 59.2 Å². The monoisotopic (exact) mass is 981 g/mol. The van der Waals surface area contributed by atoms with Crippen LogP contribution in [0.25, 0.3) is 0 Å². The number of carboxylic acids is 1. The van der Waals surface area contributed by atoms with E-state index in [1.807, 2.05) is 6.92 Å². The van der Waals surface area contributed by atoms with E-state index in [4.69, 9.17) is 48.4 Å². The first-order valence-electron chi connectivity index (χ1n) is 24.3. The van der Waals surface area contributed by atoms with Gasteiger partial charge in [0.1, 0.15) is 42.7 Å². The van der Waals surface area contributed by atoms with Gasteiger partial charge in [-0.25, -0.2) is 4.79 Å². The average molecular weight is 981 g/mol. The topological polar surface area (TPSA) is 335 Å². The molecule has 68 heavy (non-hydrogen) atoms. The Hall–Kier alpha value is -2.72. The Morgan fingerprint density at radius 3 is 1.99 bits per heavy atom. The molecule has 0 spiro atoms. The third-order valence-electron chi connectivity index (χ3n) is 12.9. The number of rotatable bonds is 30. The van der Waals surface area contributed by atoms with Gasteiger partial charge in [-0.15, -0.1) is 0 Å². The fourth-order valence-corrected chi connectivity index (χ4v) is 9.21. The molecule has 0 aromatic carbocycles. The summed E-state index contributed by atoms with van der Waals surface area (Å²) >= 11 is 0. The van der Waals surface area contributed by atoms with Crippen molar-refractivity contribution >= 4 is 23.7 Å². The Bertz CT molecular complexity index is 1480. The van der Waals surface area contributed by atoms with Gasteiger partial charge >= 0.3 is 5.97 Å². The SMILES string of the molecule is CCC1CC(C(=O)NCCNC(=O)CCOCCOCCOCCOCCN)C[C@@H](O[C@@H]2OC(CO)[C@H](O)C(O[C@@H](CC3CCCCC3)C(=O)O)C2NC(C)=O)C1O[C@@H]1OC(C)[C@@H](O)C(O)C1O. The van der Waals surface area contributed by atoms with Crippen molar-refractivity contribution in [2.24, 2.45) is 23.5 Å². The van der Waals surface area contributed by atoms with E-state index < -0.39 is 110 Å². The minimum Gasteiger partial charge on any atom is -0.479 e. The minimum absolute atomic E-state index is 0.0227. The van der Waals surface area contributed by atoms with E-state index in [-0.39, 0.29) is 63.1 Å². The second-order valence-corrected chi connectivity index (χ2v) is 18.0. The lowest BCUT2D eigenvalue weighted by Crippen LogP contribution is -2.67. The molecule has 4 aliphatic rings. The molecule has 394 valence electrons. The van der Waals surface area contributed by atoms with E-state index in [0.717, 1.165) is 32.1 Å². The highest BCUT2D eigenvalue weighted by Gasteiger charge is 2.53. The zero-order valence-corrected chi connectivity index (χ0v) is 39.9. The predicted octanol–water partition coefficient (Wildman–Crippen LogP) is -1.94. The lowest BCUT2D eigenvalue weighted by molar-refractivity contribution is -0.338. The molecule has 2 heterocycles. The Labute approximate surface area is 398 Å². The molecule has 2 aliphatic heterocycles. The highest BCUT2D eigenvalue weighted by atomic mass is 16.7. The number of amides is 3. The first-order chi connectivity index (χ1) is 32.7. The third-order valence-corrected chi connectivity index (χ3v) is 12.9. The van der Waals surface area contributed by atoms with Crippen LogP contribution in [-0.4, -0.2) is 213 Å². The first-order valence-corrected chi connectivity index (χ1v) is 24.3. The maximum absolute atomic E-state index is 13.8. The van der Waals surface area contributed by atoms with Crippen LogP contribution in [0.1, 0.15) is 85.0 Å². The molecule has 23 heteroatoms. The molecule has 2 aliphatic carbocycles. The second kappa shape index (κ2) is 30.9. The molecule has 11 N–H and O–H groups in total. The van der Waals surface area contributed by atoms with Crippen LogP contribution in [0, 0.1) is 17.8 Å². The van der Waals surface area contributed by atoms with Crippen molar-refractivity contribution in [1.29, 1.82) is 0 Å². The molecular formula is C45H80N4O19. The van der Waals surface area contributed by atoms with Crippen LogP contribution in [0.2, 0.25) is 0 Å². The molecule has 0 aromatic heterocycles. The summed E-state index contributed by atoms with van der Waals surface area (Å²) < 4.78 is 52.7. The molecule has 2 saturated carbocycles. The van der Waals surface area contributed by atoms with Crippen LogP contribution in [-0.2, 0) is 61.8 Å². The number of carbonyl (C=O) groups excluding carboxylic acids is 3. The predicted molar refractivity (Wildman–Crippen MR) is 238 cm³/mol. The number of nitrogens with two attached hydrogens (primary N) is 1. The molecule has 3 amide bonds. The van der Waals surface area contributed by atoms with E-state index in [1.165, 1.54) is 13.8 Å². The summed E-state index contributed by atoms with van der Waals surface area (Å²) in [4.78, 5) is 51.7. The Kier molecular flexibility index (Phi) is 26.3. The average Bonchev–Trinajstić information content (AvgIpc) is 3.32. The van der Waals surface area contributed by atoms with E-state index in [9.17, 15) is 49.8 Å². The van der Waals surface area contributed by atoms with Gasteiger partial charge in [-0.2, -0.15) is 0 Å². The number of hydrogen-bond donors (Lipinski definition) is 10. The highest BCUT2D eigenvalue weighted by molar-refractivity contribution is 5.79. The van der Waals surface area contributed by atoms with E-state index in [1.54, 1.807) is 0 Å². The fourth-order valence-electron chi connectivity index (χ4n) is 9.21. The van der Waals surface area contributed by atoms with Crippen LogP contribution < -0.4 is 21.7 Å². The first kappa shape index (κ1) is 57.9. The minimum atomic E-state index is -1.67. The number of aliphatic hydroxyl groups is 5. The Morgan fingerprint density at radius 2 is 1.38 bits per heavy atom. The quantitative estimate of drug-likeness (QED) is 0.0350. The van der Waals surface area contributed by atoms with Crippen molar-refractivity contribution in [1.82, 2.24) is 16.0 Å². The summed E-state index contributed by atoms with van der Waals surface area (Å²) in [7, 11) is 0. The molecule has 23 nitrogen and oxygen atoms in total. The van der Waals surface area contributed by atoms with Crippen molar-refractivity contribution in [2.45, 2.75) is 165 Å². The maximum atomic E-state index is 13.8. The number of hydrogen-bond acceptors (Lipinski definition) is 19. The van der Waals surface area contributed by atoms with Gasteiger partial charge in [0.25, 0.3) is 0 Å². The third kappa shape index (κ3) is 18.5. The summed E-state index contributed by atoms with van der Waals surface area (Å²) in [5.74, 6) is -3.57. The number of aliphatic hydroxyl groups excluding tert-OH is 5. The number of carboxylic acid groups (broad SMARTS) is 1. The van der Waals surface area contributed by atoms with Gasteiger partial charge in [0.15, 0.2) is 18.7 Å². The van der Waals surface area contributed by atoms with Crippen molar-refractivity contribution in [3.63, 3.8) is 0 Å². The van der Waals surface area contributed by atoms with Gasteiger partial charge in [-0.3, -0.25) is 14.4 Å². The lowest BCUT2D eigenvalue weighted by atomic mass is 9.75. The van der Waals surface area contributed by atoms with Gasteiger partial charge in [0.05, 0.1) is 77.8 Å². The lowest BCUT2D eigenvalue weighted by Gasteiger charge is -2.49. The number of nitrogens with one attached hydrogen (secondary N) is 3. The molecule has 0 bridgehead atoms. The molecule has 2 saturated heterocycles. The standard InChI is InChI=1S/C45H80N4O19/c1-4-29-23-30(42(57)48-13-12-47-34(52)10-14-60-16-18-62-20-21-63-19-17-61-15-11-46)24-31(40(29)68-45-39(56)38(55)36(53)26(2)64-45)66-44-35(49-27(3)51)41(37(54)33(25-50)67-44)65-32(43(58)59)22-28-8-6-5-7-9-28/h26,28-33,35-41,44-45,50,53-56H,4-25,46H2,1-3H3,(H,47,52)(H,48,57)(H,49,51)(H,58,59)/t26?,29?,30?,31-,32+,33?,35?,36-,37+,38?,39?,40?,41?,44-,45+/m1/s1. The summed E-state index contributed by atoms with van der Waals surface area (Å²) in [6, 6.07) is -1.33. The van der Waals surface area contributed by atoms with Crippen LogP contribution in [0.3, 0.4) is 0 Å². The normalized spacial score (nSPS) is 32.8. The van der Waals surface area contributed by atoms with Crippen LogP contribution in [0.15, 0.2) is 0 Å². The zero-order valence-electron chi connectivity index (χ0n) is 39.9. The number of carbonyl (C=O) groups is 4. The Morgan fingerprint density at radius 1 is 0.750 bits per heavy atom. The van der Waals surface area contributed by atoms with Crippen LogP contribution >= 0.6 is 0 Å². The molecule has 9 unspecified atom stereocenters. The molecule has 0 aromatic rings. The largest absolute Gasteiger partial charge is 0.479 e. The second-order valence-electron chi connectivity index (χ2n) is 18.0. The maximum Gasteiger partial charge on any atom is 0.332 e. The highest BCUT2D eigenvalue weighted by Crippen LogP contribution is 2.40. The Balaban J connectivity index is 1.41. The summed E-state index contributed by atoms with van der Waals surface area (Å²) in [6.07, 6.45) is -10.9. The smallest absolute Gasteiger partial charge is 0.332 e. The molecule has 4 fully saturated rings. The fraction of sp³-hybridized carbons (Fsp3) is 0.911. The zero-order chi connectivity index (χ0) is 49.6. The molecule has 15 atom stereocenters. The van der Waals surface area contributed by atoms with E-state index >= 15 is 0 Å².